The minimum atomic E-state index is -0.419. The Kier molecular flexibility index (Phi) is 11.5. The van der Waals surface area contributed by atoms with Gasteiger partial charge in [-0.1, -0.05) is 135 Å². The molecule has 5 aromatic carbocycles. The van der Waals surface area contributed by atoms with Crippen LogP contribution in [0.15, 0.2) is 189 Å². The van der Waals surface area contributed by atoms with Gasteiger partial charge in [0.2, 0.25) is 0 Å². The maximum absolute atomic E-state index is 6.78. The maximum atomic E-state index is 6.78. The Bertz CT molecular complexity index is 2310. The van der Waals surface area contributed by atoms with Gasteiger partial charge in [-0.05, 0) is 84.1 Å². The summed E-state index contributed by atoms with van der Waals surface area (Å²) < 4.78 is 0. The van der Waals surface area contributed by atoms with Crippen LogP contribution < -0.4 is 15.0 Å². The first-order valence-corrected chi connectivity index (χ1v) is 18.6. The van der Waals surface area contributed by atoms with Crippen molar-refractivity contribution in [2.45, 2.75) is 25.9 Å². The minimum Gasteiger partial charge on any atom is -0.338 e. The molecule has 1 aliphatic carbocycles. The lowest BCUT2D eigenvalue weighted by Crippen LogP contribution is -2.25. The van der Waals surface area contributed by atoms with Crippen LogP contribution in [0.25, 0.3) is 21.5 Å². The molecule has 270 valence electrons. The summed E-state index contributed by atoms with van der Waals surface area (Å²) in [6.45, 7) is 11.8. The molecule has 0 radical (unpaired) electrons. The second kappa shape index (κ2) is 17.1. The molecule has 1 heterocycles. The smallest absolute Gasteiger partial charge is 0.138 e. The topological polar surface area (TPSA) is 28.2 Å². The fraction of sp³-hybridized carbons (Fsp3) is 0.143. The molecule has 54 heavy (non-hydrogen) atoms. The number of fused-ring (bicyclic) bond motifs is 2. The molecule has 1 aliphatic heterocycles. The monoisotopic (exact) mass is 709 g/mol. The quantitative estimate of drug-likeness (QED) is 0.0896. The van der Waals surface area contributed by atoms with E-state index in [1.807, 2.05) is 24.3 Å². The number of benzene rings is 5. The van der Waals surface area contributed by atoms with Gasteiger partial charge in [0.1, 0.15) is 11.8 Å². The van der Waals surface area contributed by atoms with Gasteiger partial charge in [-0.3, -0.25) is 4.84 Å². The summed E-state index contributed by atoms with van der Waals surface area (Å²) in [6.07, 6.45) is 28.3. The lowest BCUT2D eigenvalue weighted by molar-refractivity contribution is -0.0930. The summed E-state index contributed by atoms with van der Waals surface area (Å²) in [6, 6.07) is 32.6. The van der Waals surface area contributed by atoms with Gasteiger partial charge in [0, 0.05) is 51.7 Å². The van der Waals surface area contributed by atoms with Crippen molar-refractivity contribution in [2.24, 2.45) is 0 Å². The van der Waals surface area contributed by atoms with Gasteiger partial charge in [0.15, 0.2) is 0 Å². The molecule has 0 amide bonds. The van der Waals surface area contributed by atoms with Gasteiger partial charge in [-0.2, -0.15) is 0 Å². The number of nitrogens with zero attached hydrogens (tertiary/aromatic N) is 3. The van der Waals surface area contributed by atoms with E-state index < -0.39 is 6.10 Å². The van der Waals surface area contributed by atoms with E-state index in [-0.39, 0.29) is 0 Å². The molecule has 0 aromatic heterocycles. The van der Waals surface area contributed by atoms with Gasteiger partial charge < -0.3 is 9.80 Å². The van der Waals surface area contributed by atoms with Crippen molar-refractivity contribution in [1.82, 2.24) is 0 Å². The summed E-state index contributed by atoms with van der Waals surface area (Å²) >= 11 is 0. The standard InChI is InChI=1S/C49H47N3O2/c1-5-7-9-11-22-32-50(39-26-18-14-19-27-39)41-30-31-42-45(35-41)47(51(33-23-12-10-8-6-2)40-28-20-15-21-29-40)44-34-38-25-17-13-16-24-37(3)49-43(38)36-46(44)48(42)52(53-4)54-49/h6-24,26-31,34-36,49H,2-3,5,25,32-33H2,1,4H3/b9-7-,10-8-,17-13-,22-11-,23-12-,24-16-. The number of para-hydroxylation sites is 2. The number of hydrogen-bond acceptors (Lipinski definition) is 5. The zero-order valence-corrected chi connectivity index (χ0v) is 31.1. The third kappa shape index (κ3) is 7.51. The second-order valence-corrected chi connectivity index (χ2v) is 13.2. The normalized spacial score (nSPS) is 16.7. The average Bonchev–Trinajstić information content (AvgIpc) is 3.31. The summed E-state index contributed by atoms with van der Waals surface area (Å²) in [5.41, 5.74) is 8.39. The molecule has 0 fully saturated rings. The van der Waals surface area contributed by atoms with Crippen molar-refractivity contribution in [3.8, 4) is 0 Å². The molecule has 0 saturated heterocycles. The number of hydrogen-bond donors (Lipinski definition) is 0. The Morgan fingerprint density at radius 3 is 2.15 bits per heavy atom. The van der Waals surface area contributed by atoms with Crippen molar-refractivity contribution >= 4 is 50.0 Å². The van der Waals surface area contributed by atoms with E-state index in [4.69, 9.17) is 9.68 Å². The average molecular weight is 710 g/mol. The van der Waals surface area contributed by atoms with Crippen molar-refractivity contribution < 1.29 is 9.68 Å². The summed E-state index contributed by atoms with van der Waals surface area (Å²) in [7, 11) is 1.67. The summed E-state index contributed by atoms with van der Waals surface area (Å²) in [5, 5.41) is 5.86. The Labute approximate surface area is 319 Å². The van der Waals surface area contributed by atoms with E-state index >= 15 is 0 Å². The number of rotatable bonds is 13. The van der Waals surface area contributed by atoms with Gasteiger partial charge >= 0.3 is 0 Å². The van der Waals surface area contributed by atoms with Crippen LogP contribution in [-0.4, -0.2) is 20.2 Å². The molecular formula is C49H47N3O2. The molecule has 5 aromatic rings. The fourth-order valence-electron chi connectivity index (χ4n) is 7.25. The van der Waals surface area contributed by atoms with E-state index in [1.54, 1.807) is 18.4 Å². The SMILES string of the molecule is C=C/C=C\C=C/CN(c1ccccc1)c1c2cc(N(C/C=C\C=C/CC)c3ccccc3)ccc2c2c3cc4c(cc13)C/C=C\C=C/C(=C)C4ON2OC. The molecule has 2 bridgehead atoms. The Hall–Kier alpha value is -6.14. The first-order chi connectivity index (χ1) is 26.6. The molecule has 1 atom stereocenters. The van der Waals surface area contributed by atoms with Gasteiger partial charge in [0.25, 0.3) is 0 Å². The summed E-state index contributed by atoms with van der Waals surface area (Å²) in [4.78, 5) is 17.7. The highest BCUT2D eigenvalue weighted by Crippen LogP contribution is 2.51. The Balaban J connectivity index is 1.55. The van der Waals surface area contributed by atoms with Gasteiger partial charge in [-0.15, -0.1) is 5.23 Å². The molecular weight excluding hydrogens is 663 g/mol. The highest BCUT2D eigenvalue weighted by Gasteiger charge is 2.32. The highest BCUT2D eigenvalue weighted by atomic mass is 16.9. The molecule has 5 nitrogen and oxygen atoms in total. The van der Waals surface area contributed by atoms with Gasteiger partial charge in [0.05, 0.1) is 12.8 Å². The van der Waals surface area contributed by atoms with Crippen LogP contribution in [0.5, 0.6) is 0 Å². The molecule has 7 rings (SSSR count). The van der Waals surface area contributed by atoms with Crippen LogP contribution in [0.3, 0.4) is 0 Å². The first kappa shape index (κ1) is 36.2. The van der Waals surface area contributed by atoms with Crippen molar-refractivity contribution in [2.75, 3.05) is 35.2 Å². The molecule has 1 unspecified atom stereocenters. The van der Waals surface area contributed by atoms with E-state index in [0.29, 0.717) is 13.1 Å². The van der Waals surface area contributed by atoms with E-state index in [2.05, 4.69) is 169 Å². The van der Waals surface area contributed by atoms with E-state index in [9.17, 15) is 0 Å². The highest BCUT2D eigenvalue weighted by molar-refractivity contribution is 6.21. The Morgan fingerprint density at radius 2 is 1.43 bits per heavy atom. The number of allylic oxidation sites excluding steroid dienone is 10. The van der Waals surface area contributed by atoms with E-state index in [1.165, 1.54) is 5.56 Å². The largest absolute Gasteiger partial charge is 0.338 e. The molecule has 5 heteroatoms. The lowest BCUT2D eigenvalue weighted by atomic mass is 9.89. The third-order valence-corrected chi connectivity index (χ3v) is 9.77. The van der Waals surface area contributed by atoms with Crippen LogP contribution >= 0.6 is 0 Å². The minimum absolute atomic E-state index is 0.419. The fourth-order valence-corrected chi connectivity index (χ4v) is 7.25. The van der Waals surface area contributed by atoms with Crippen LogP contribution in [0.1, 0.15) is 30.6 Å². The third-order valence-electron chi connectivity index (χ3n) is 9.77. The van der Waals surface area contributed by atoms with Crippen molar-refractivity contribution in [1.29, 1.82) is 0 Å². The maximum Gasteiger partial charge on any atom is 0.138 e. The summed E-state index contributed by atoms with van der Waals surface area (Å²) in [5.74, 6) is 0. The van der Waals surface area contributed by atoms with Crippen LogP contribution in [0.4, 0.5) is 28.4 Å². The van der Waals surface area contributed by atoms with Gasteiger partial charge in [-0.25, -0.2) is 4.84 Å². The van der Waals surface area contributed by atoms with Crippen molar-refractivity contribution in [3.05, 3.63) is 200 Å². The van der Waals surface area contributed by atoms with E-state index in [0.717, 1.165) is 74.0 Å². The zero-order chi connectivity index (χ0) is 37.3. The molecule has 2 aliphatic rings. The predicted molar refractivity (Wildman–Crippen MR) is 230 cm³/mol. The Morgan fingerprint density at radius 1 is 0.741 bits per heavy atom. The number of anilines is 5. The van der Waals surface area contributed by atoms with Crippen LogP contribution in [-0.2, 0) is 16.1 Å². The predicted octanol–water partition coefficient (Wildman–Crippen LogP) is 12.7. The first-order valence-electron chi connectivity index (χ1n) is 18.6. The second-order valence-electron chi connectivity index (χ2n) is 13.2. The van der Waals surface area contributed by atoms with Crippen LogP contribution in [0.2, 0.25) is 0 Å². The molecule has 0 N–H and O–H groups in total. The zero-order valence-electron chi connectivity index (χ0n) is 31.1. The molecule has 0 saturated carbocycles. The lowest BCUT2D eigenvalue weighted by Gasteiger charge is -2.31. The van der Waals surface area contributed by atoms with Crippen LogP contribution in [0, 0.1) is 0 Å². The molecule has 0 spiro atoms. The van der Waals surface area contributed by atoms with Crippen molar-refractivity contribution in [3.63, 3.8) is 0 Å².